The maximum absolute atomic E-state index is 12.5. The number of hydrogen-bond acceptors (Lipinski definition) is 7. The van der Waals surface area contributed by atoms with Crippen molar-refractivity contribution in [3.63, 3.8) is 0 Å². The molecular formula is C29H33N5O4. The van der Waals surface area contributed by atoms with Gasteiger partial charge in [-0.15, -0.1) is 0 Å². The number of nitrogens with zero attached hydrogens (tertiary/aromatic N) is 3. The zero-order valence-corrected chi connectivity index (χ0v) is 21.7. The summed E-state index contributed by atoms with van der Waals surface area (Å²) in [5, 5.41) is 22.5. The molecule has 9 nitrogen and oxygen atoms in total. The van der Waals surface area contributed by atoms with Gasteiger partial charge >= 0.3 is 0 Å². The average molecular weight is 516 g/mol. The topological polar surface area (TPSA) is 122 Å². The summed E-state index contributed by atoms with van der Waals surface area (Å²) >= 11 is 0. The minimum absolute atomic E-state index is 0.0327. The summed E-state index contributed by atoms with van der Waals surface area (Å²) in [6, 6.07) is 8.15. The molecule has 1 aromatic carbocycles. The highest BCUT2D eigenvalue weighted by Crippen LogP contribution is 2.43. The molecule has 0 spiro atoms. The molecule has 2 fully saturated rings. The van der Waals surface area contributed by atoms with Gasteiger partial charge in [0.05, 0.1) is 24.0 Å². The first-order valence-corrected chi connectivity index (χ1v) is 13.4. The lowest BCUT2D eigenvalue weighted by Gasteiger charge is -2.35. The van der Waals surface area contributed by atoms with Gasteiger partial charge in [0.15, 0.2) is 0 Å². The third kappa shape index (κ3) is 4.72. The summed E-state index contributed by atoms with van der Waals surface area (Å²) in [7, 11) is 0. The van der Waals surface area contributed by atoms with E-state index in [0.717, 1.165) is 57.0 Å². The highest BCUT2D eigenvalue weighted by Gasteiger charge is 2.37. The van der Waals surface area contributed by atoms with Crippen LogP contribution in [0.5, 0.6) is 5.88 Å². The molecule has 6 rings (SSSR count). The first-order chi connectivity index (χ1) is 18.5. The Morgan fingerprint density at radius 2 is 2.05 bits per heavy atom. The number of benzene rings is 1. The summed E-state index contributed by atoms with van der Waals surface area (Å²) in [4.78, 5) is 22.1. The summed E-state index contributed by atoms with van der Waals surface area (Å²) < 4.78 is 12.2. The molecule has 3 aromatic heterocycles. The first-order valence-electron chi connectivity index (χ1n) is 13.4. The fourth-order valence-corrected chi connectivity index (χ4v) is 5.54. The second-order valence-corrected chi connectivity index (χ2v) is 10.6. The van der Waals surface area contributed by atoms with Crippen LogP contribution >= 0.6 is 0 Å². The van der Waals surface area contributed by atoms with E-state index in [-0.39, 0.29) is 36.5 Å². The molecule has 1 saturated carbocycles. The number of nitrogens with one attached hydrogen (secondary N) is 2. The molecular weight excluding hydrogens is 482 g/mol. The number of carbonyl (C=O) groups excluding carboxylic acids is 1. The van der Waals surface area contributed by atoms with E-state index < -0.39 is 0 Å². The Kier molecular flexibility index (Phi) is 6.71. The summed E-state index contributed by atoms with van der Waals surface area (Å²) in [5.74, 6) is 0.697. The number of amides is 1. The summed E-state index contributed by atoms with van der Waals surface area (Å²) in [5.41, 5.74) is 5.09. The molecule has 1 aliphatic carbocycles. The van der Waals surface area contributed by atoms with Gasteiger partial charge in [0.1, 0.15) is 6.10 Å². The van der Waals surface area contributed by atoms with Crippen molar-refractivity contribution < 1.29 is 19.4 Å². The minimum Gasteiger partial charge on any atom is -0.474 e. The van der Waals surface area contributed by atoms with Crippen LogP contribution in [0.1, 0.15) is 49.9 Å². The van der Waals surface area contributed by atoms with Crippen LogP contribution in [0.25, 0.3) is 32.8 Å². The van der Waals surface area contributed by atoms with Crippen LogP contribution in [-0.2, 0) is 9.53 Å². The first kappa shape index (κ1) is 24.8. The maximum Gasteiger partial charge on any atom is 0.223 e. The number of H-pyrrole nitrogens is 1. The number of carbonyl (C=O) groups is 1. The molecule has 4 aromatic rings. The van der Waals surface area contributed by atoms with Gasteiger partial charge in [-0.05, 0) is 74.7 Å². The Bertz CT molecular complexity index is 1470. The normalized spacial score (nSPS) is 20.8. The molecule has 198 valence electrons. The lowest BCUT2D eigenvalue weighted by atomic mass is 9.81. The molecule has 38 heavy (non-hydrogen) atoms. The van der Waals surface area contributed by atoms with Gasteiger partial charge in [-0.1, -0.05) is 0 Å². The Balaban J connectivity index is 1.43. The van der Waals surface area contributed by atoms with Crippen molar-refractivity contribution in [2.24, 2.45) is 5.92 Å². The van der Waals surface area contributed by atoms with Crippen LogP contribution in [-0.4, -0.2) is 63.1 Å². The third-order valence-corrected chi connectivity index (χ3v) is 7.76. The molecule has 4 heterocycles. The van der Waals surface area contributed by atoms with Gasteiger partial charge in [0, 0.05) is 59.3 Å². The number of fused-ring (bicyclic) bond motifs is 2. The molecule has 1 unspecified atom stereocenters. The van der Waals surface area contributed by atoms with E-state index in [0.29, 0.717) is 31.9 Å². The summed E-state index contributed by atoms with van der Waals surface area (Å²) in [6.45, 7) is 5.14. The van der Waals surface area contributed by atoms with E-state index in [9.17, 15) is 9.90 Å². The standard InChI is InChI=1S/C29H33N5O4/c1-16-9-19(3-6-30-16)26-23-12-21-14-31-34-25(21)13-24(23)29(33-27(26)18-4-7-37-8-5-18)38-22-10-20(11-22)28(36)32-17(2)15-35/h3,6,9,12-14,17-18,20,22,35H,4-5,7-8,10-11,15H2,1-2H3,(H,31,34)(H,32,36). The van der Waals surface area contributed by atoms with Gasteiger partial charge in [0.2, 0.25) is 11.8 Å². The number of aliphatic hydroxyl groups excluding tert-OH is 1. The zero-order chi connectivity index (χ0) is 26.2. The van der Waals surface area contributed by atoms with E-state index in [2.05, 4.69) is 44.8 Å². The van der Waals surface area contributed by atoms with Crippen molar-refractivity contribution >= 4 is 27.6 Å². The minimum atomic E-state index is -0.253. The molecule has 9 heteroatoms. The zero-order valence-electron chi connectivity index (χ0n) is 21.7. The molecule has 1 aliphatic heterocycles. The SMILES string of the molecule is Cc1cc(-c2c(C3CCOCC3)nc(OC3CC(C(=O)NC(C)CO)C3)c3cc4[nH]ncc4cc23)ccn1. The number of ether oxygens (including phenoxy) is 2. The highest BCUT2D eigenvalue weighted by atomic mass is 16.5. The second kappa shape index (κ2) is 10.3. The molecule has 0 radical (unpaired) electrons. The van der Waals surface area contributed by atoms with Crippen molar-refractivity contribution in [2.45, 2.75) is 57.6 Å². The predicted molar refractivity (Wildman–Crippen MR) is 144 cm³/mol. The lowest BCUT2D eigenvalue weighted by molar-refractivity contribution is -0.131. The van der Waals surface area contributed by atoms with E-state index in [1.165, 1.54) is 0 Å². The number of aliphatic hydroxyl groups is 1. The number of aryl methyl sites for hydroxylation is 1. The maximum atomic E-state index is 12.5. The monoisotopic (exact) mass is 515 g/mol. The third-order valence-electron chi connectivity index (χ3n) is 7.76. The van der Waals surface area contributed by atoms with E-state index in [1.54, 1.807) is 6.92 Å². The lowest BCUT2D eigenvalue weighted by Crippen LogP contribution is -2.46. The van der Waals surface area contributed by atoms with Crippen molar-refractivity contribution in [2.75, 3.05) is 19.8 Å². The Morgan fingerprint density at radius 3 is 2.82 bits per heavy atom. The van der Waals surface area contributed by atoms with Crippen molar-refractivity contribution in [3.8, 4) is 17.0 Å². The van der Waals surface area contributed by atoms with Gasteiger partial charge in [-0.25, -0.2) is 4.98 Å². The molecule has 1 atom stereocenters. The Morgan fingerprint density at radius 1 is 1.24 bits per heavy atom. The Labute approximate surface area is 221 Å². The molecule has 1 amide bonds. The highest BCUT2D eigenvalue weighted by molar-refractivity contribution is 6.06. The van der Waals surface area contributed by atoms with E-state index in [4.69, 9.17) is 14.5 Å². The number of aromatic amines is 1. The van der Waals surface area contributed by atoms with Crippen molar-refractivity contribution in [3.05, 3.63) is 48.0 Å². The van der Waals surface area contributed by atoms with Crippen molar-refractivity contribution in [1.82, 2.24) is 25.5 Å². The number of pyridine rings is 2. The predicted octanol–water partition coefficient (Wildman–Crippen LogP) is 4.03. The summed E-state index contributed by atoms with van der Waals surface area (Å²) in [6.07, 6.45) is 6.64. The fraction of sp³-hybridized carbons (Fsp3) is 0.448. The molecule has 0 bridgehead atoms. The van der Waals surface area contributed by atoms with Gasteiger partial charge in [0.25, 0.3) is 0 Å². The molecule has 3 N–H and O–H groups in total. The van der Waals surface area contributed by atoms with Gasteiger partial charge in [-0.2, -0.15) is 5.10 Å². The largest absolute Gasteiger partial charge is 0.474 e. The fourth-order valence-electron chi connectivity index (χ4n) is 5.54. The molecule has 1 saturated heterocycles. The smallest absolute Gasteiger partial charge is 0.223 e. The number of aromatic nitrogens is 4. The van der Waals surface area contributed by atoms with Crippen molar-refractivity contribution in [1.29, 1.82) is 0 Å². The van der Waals surface area contributed by atoms with Gasteiger partial charge in [-0.3, -0.25) is 14.9 Å². The number of hydrogen-bond donors (Lipinski definition) is 3. The van der Waals surface area contributed by atoms with E-state index in [1.807, 2.05) is 19.3 Å². The Hall–Kier alpha value is -3.56. The number of rotatable bonds is 7. The van der Waals surface area contributed by atoms with Crippen LogP contribution in [0.15, 0.2) is 36.7 Å². The quantitative estimate of drug-likeness (QED) is 0.340. The van der Waals surface area contributed by atoms with Crippen LogP contribution in [0.4, 0.5) is 0 Å². The van der Waals surface area contributed by atoms with Gasteiger partial charge < -0.3 is 19.9 Å². The van der Waals surface area contributed by atoms with Crippen LogP contribution in [0, 0.1) is 12.8 Å². The van der Waals surface area contributed by atoms with Crippen LogP contribution in [0.2, 0.25) is 0 Å². The van der Waals surface area contributed by atoms with Crippen LogP contribution in [0.3, 0.4) is 0 Å². The average Bonchev–Trinajstić information content (AvgIpc) is 3.36. The molecule has 2 aliphatic rings. The second-order valence-electron chi connectivity index (χ2n) is 10.6. The van der Waals surface area contributed by atoms with E-state index >= 15 is 0 Å². The van der Waals surface area contributed by atoms with Crippen LogP contribution < -0.4 is 10.1 Å².